The average molecular weight is 238 g/mol. The van der Waals surface area contributed by atoms with Gasteiger partial charge in [0.15, 0.2) is 5.75 Å². The minimum Gasteiger partial charge on any atom is -0.398 e. The second kappa shape index (κ2) is 5.70. The van der Waals surface area contributed by atoms with E-state index < -0.39 is 13.7 Å². The molecule has 1 rings (SSSR count). The number of rotatable bonds is 5. The van der Waals surface area contributed by atoms with Crippen LogP contribution in [0.15, 0.2) is 30.3 Å². The quantitative estimate of drug-likeness (QED) is 0.477. The number of hydrogen-bond acceptors (Lipinski definition) is 5. The van der Waals surface area contributed by atoms with Crippen molar-refractivity contribution in [3.8, 4) is 5.75 Å². The highest BCUT2D eigenvalue weighted by atomic mass is 19.4. The Morgan fingerprint density at radius 2 is 1.69 bits per heavy atom. The maximum Gasteiger partial charge on any atom is 0.703 e. The summed E-state index contributed by atoms with van der Waals surface area (Å²) in [5.41, 5.74) is 0. The summed E-state index contributed by atoms with van der Waals surface area (Å²) in [4.78, 5) is 14.7. The van der Waals surface area contributed by atoms with E-state index in [1.54, 1.807) is 18.2 Å². The van der Waals surface area contributed by atoms with Gasteiger partial charge in [0.05, 0.1) is 0 Å². The average Bonchev–Trinajstić information content (AvgIpc) is 2.24. The van der Waals surface area contributed by atoms with E-state index in [-0.39, 0.29) is 5.75 Å². The highest BCUT2D eigenvalue weighted by Crippen LogP contribution is 2.17. The van der Waals surface area contributed by atoms with Gasteiger partial charge in [-0.3, -0.25) is 0 Å². The lowest BCUT2D eigenvalue weighted by molar-refractivity contribution is -0.459. The van der Waals surface area contributed by atoms with Crippen molar-refractivity contribution in [3.05, 3.63) is 30.3 Å². The van der Waals surface area contributed by atoms with Gasteiger partial charge in [0, 0.05) is 0 Å². The Labute approximate surface area is 88.3 Å². The molecule has 0 fully saturated rings. The Morgan fingerprint density at radius 3 is 2.25 bits per heavy atom. The normalized spacial score (nSPS) is 11.2. The fraction of sp³-hybridized carbons (Fsp3) is 0.143. The van der Waals surface area contributed by atoms with Gasteiger partial charge in [0.2, 0.25) is 0 Å². The molecule has 0 saturated carbocycles. The summed E-state index contributed by atoms with van der Waals surface area (Å²) in [7, 11) is -2.32. The fourth-order valence-electron chi connectivity index (χ4n) is 0.685. The maximum absolute atomic E-state index is 11.4. The third-order valence-corrected chi connectivity index (χ3v) is 1.19. The lowest BCUT2D eigenvalue weighted by Gasteiger charge is -2.08. The van der Waals surface area contributed by atoms with Crippen molar-refractivity contribution in [1.29, 1.82) is 0 Å². The number of hydrogen-bond donors (Lipinski definition) is 1. The molecule has 0 aliphatic rings. The van der Waals surface area contributed by atoms with Gasteiger partial charge in [0.25, 0.3) is 0 Å². The Bertz CT molecular complexity index is 307. The molecule has 0 aliphatic carbocycles. The molecule has 0 amide bonds. The molecular weight excluding hydrogens is 232 g/mol. The number of alkyl halides is 3. The monoisotopic (exact) mass is 238 g/mol. The summed E-state index contributed by atoms with van der Waals surface area (Å²) in [5.74, 6) is 0.178. The first-order valence-electron chi connectivity index (χ1n) is 3.95. The lowest BCUT2D eigenvalue weighted by Crippen LogP contribution is -2.28. The van der Waals surface area contributed by atoms with Gasteiger partial charge in [-0.2, -0.15) is 4.81 Å². The van der Waals surface area contributed by atoms with Crippen molar-refractivity contribution < 1.29 is 37.6 Å². The molecule has 5 nitrogen and oxygen atoms in total. The Kier molecular flexibility index (Phi) is 4.56. The largest absolute Gasteiger partial charge is 0.703 e. The van der Waals surface area contributed by atoms with Crippen LogP contribution in [0.25, 0.3) is 0 Å². The summed E-state index contributed by atoms with van der Waals surface area (Å²) in [6.07, 6.45) is -5.03. The van der Waals surface area contributed by atoms with Crippen LogP contribution in [0.1, 0.15) is 0 Å². The van der Waals surface area contributed by atoms with E-state index >= 15 is 0 Å². The van der Waals surface area contributed by atoms with Crippen molar-refractivity contribution in [2.24, 2.45) is 0 Å². The second-order valence-corrected chi connectivity index (χ2v) is 2.42. The third-order valence-electron chi connectivity index (χ3n) is 1.19. The van der Waals surface area contributed by atoms with Crippen molar-refractivity contribution in [2.75, 3.05) is 0 Å². The van der Waals surface area contributed by atoms with Crippen molar-refractivity contribution in [2.45, 2.75) is 6.36 Å². The minimum atomic E-state index is -5.03. The standard InChI is InChI=1S/C7H6BF3O5/c9-7(10,11)14-16-8(12)15-13-6-4-2-1-3-5-6/h1-5,12H. The SMILES string of the molecule is OB(OOc1ccccc1)OOC(F)(F)F. The van der Waals surface area contributed by atoms with E-state index in [9.17, 15) is 13.2 Å². The molecular formula is C7H6BF3O5. The highest BCUT2D eigenvalue weighted by molar-refractivity contribution is 6.33. The van der Waals surface area contributed by atoms with Crippen LogP contribution < -0.4 is 4.89 Å². The van der Waals surface area contributed by atoms with Gasteiger partial charge in [-0.05, 0) is 12.1 Å². The molecule has 9 heteroatoms. The molecule has 0 aromatic heterocycles. The molecule has 1 N–H and O–H groups in total. The van der Waals surface area contributed by atoms with Gasteiger partial charge < -0.3 is 9.91 Å². The zero-order valence-corrected chi connectivity index (χ0v) is 7.68. The van der Waals surface area contributed by atoms with Gasteiger partial charge in [-0.1, -0.05) is 18.2 Å². The van der Waals surface area contributed by atoms with E-state index in [0.29, 0.717) is 0 Å². The van der Waals surface area contributed by atoms with Gasteiger partial charge in [-0.25, -0.2) is 4.81 Å². The Hall–Kier alpha value is -1.29. The molecule has 0 saturated heterocycles. The molecule has 1 aromatic rings. The lowest BCUT2D eigenvalue weighted by atomic mass is 10.3. The first-order chi connectivity index (χ1) is 7.47. The summed E-state index contributed by atoms with van der Waals surface area (Å²) in [6.45, 7) is 0. The molecule has 0 aliphatic heterocycles. The summed E-state index contributed by atoms with van der Waals surface area (Å²) < 4.78 is 34.3. The first-order valence-corrected chi connectivity index (χ1v) is 3.95. The van der Waals surface area contributed by atoms with E-state index in [2.05, 4.69) is 19.4 Å². The predicted octanol–water partition coefficient (Wildman–Crippen LogP) is 1.44. The Morgan fingerprint density at radius 1 is 1.06 bits per heavy atom. The van der Waals surface area contributed by atoms with Crippen LogP contribution in [0, 0.1) is 0 Å². The van der Waals surface area contributed by atoms with Crippen LogP contribution in [0.4, 0.5) is 13.2 Å². The number of para-hydroxylation sites is 1. The summed E-state index contributed by atoms with van der Waals surface area (Å²) >= 11 is 0. The second-order valence-electron chi connectivity index (χ2n) is 2.42. The van der Waals surface area contributed by atoms with Crippen molar-refractivity contribution >= 4 is 7.32 Å². The predicted molar refractivity (Wildman–Crippen MR) is 44.4 cm³/mol. The van der Waals surface area contributed by atoms with Crippen LogP contribution in [0.5, 0.6) is 5.75 Å². The van der Waals surface area contributed by atoms with Gasteiger partial charge in [-0.15, -0.1) is 18.1 Å². The third kappa shape index (κ3) is 5.56. The summed E-state index contributed by atoms with van der Waals surface area (Å²) in [5, 5.41) is 8.68. The molecule has 16 heavy (non-hydrogen) atoms. The van der Waals surface area contributed by atoms with Crippen molar-refractivity contribution in [1.82, 2.24) is 0 Å². The van der Waals surface area contributed by atoms with Crippen molar-refractivity contribution in [3.63, 3.8) is 0 Å². The van der Waals surface area contributed by atoms with Gasteiger partial charge >= 0.3 is 13.7 Å². The molecule has 1 aromatic carbocycles. The molecule has 0 bridgehead atoms. The van der Waals surface area contributed by atoms with Crippen LogP contribution in [-0.2, 0) is 14.5 Å². The van der Waals surface area contributed by atoms with E-state index in [1.807, 2.05) is 0 Å². The minimum absolute atomic E-state index is 0.178. The number of benzene rings is 1. The van der Waals surface area contributed by atoms with Crippen LogP contribution in [-0.4, -0.2) is 18.7 Å². The van der Waals surface area contributed by atoms with Crippen LogP contribution in [0.2, 0.25) is 0 Å². The maximum atomic E-state index is 11.4. The zero-order chi connectivity index (χ0) is 12.0. The van der Waals surface area contributed by atoms with E-state index in [4.69, 9.17) is 5.02 Å². The fourth-order valence-corrected chi connectivity index (χ4v) is 0.685. The summed E-state index contributed by atoms with van der Waals surface area (Å²) in [6, 6.07) is 7.79. The molecule has 88 valence electrons. The van der Waals surface area contributed by atoms with E-state index in [1.165, 1.54) is 12.1 Å². The highest BCUT2D eigenvalue weighted by Gasteiger charge is 2.35. The molecule has 0 radical (unpaired) electrons. The first kappa shape index (κ1) is 12.8. The van der Waals surface area contributed by atoms with Gasteiger partial charge in [0.1, 0.15) is 0 Å². The number of halogens is 3. The van der Waals surface area contributed by atoms with Crippen LogP contribution >= 0.6 is 0 Å². The molecule has 0 unspecified atom stereocenters. The topological polar surface area (TPSA) is 57.2 Å². The molecule has 0 heterocycles. The Balaban J connectivity index is 2.23. The van der Waals surface area contributed by atoms with Crippen LogP contribution in [0.3, 0.4) is 0 Å². The van der Waals surface area contributed by atoms with E-state index in [0.717, 1.165) is 0 Å². The smallest absolute Gasteiger partial charge is 0.398 e. The zero-order valence-electron chi connectivity index (χ0n) is 7.68. The molecule has 0 spiro atoms. The molecule has 0 atom stereocenters.